The van der Waals surface area contributed by atoms with Gasteiger partial charge in [0, 0.05) is 17.2 Å². The molecule has 0 bridgehead atoms. The Morgan fingerprint density at radius 3 is 1.77 bits per heavy atom. The average Bonchev–Trinajstić information content (AvgIpc) is 2.71. The second-order valence-corrected chi connectivity index (χ2v) is 8.43. The van der Waals surface area contributed by atoms with E-state index in [4.69, 9.17) is 0 Å². The molecular formula is C29H30N+. The standard InChI is InChI=1S/C29H30N/c1-19-11-7-9-13-24(19)27-17-28(30(6)18-22(27)4)26-16-15-21(3)29(23(26)5)25-14-10-8-12-20(25)2/h7-18H,1-6H3/q+1. The molecule has 4 aromatic rings. The van der Waals surface area contributed by atoms with Gasteiger partial charge in [0.25, 0.3) is 0 Å². The van der Waals surface area contributed by atoms with Crippen LogP contribution in [-0.2, 0) is 7.05 Å². The van der Waals surface area contributed by atoms with Crippen LogP contribution in [0.5, 0.6) is 0 Å². The first-order valence-corrected chi connectivity index (χ1v) is 10.6. The molecule has 0 spiro atoms. The van der Waals surface area contributed by atoms with E-state index in [0.29, 0.717) is 0 Å². The monoisotopic (exact) mass is 392 g/mol. The molecule has 0 saturated heterocycles. The van der Waals surface area contributed by atoms with Gasteiger partial charge < -0.3 is 0 Å². The van der Waals surface area contributed by atoms with Crippen molar-refractivity contribution < 1.29 is 4.57 Å². The molecule has 0 radical (unpaired) electrons. The molecular weight excluding hydrogens is 362 g/mol. The van der Waals surface area contributed by atoms with E-state index in [-0.39, 0.29) is 0 Å². The zero-order chi connectivity index (χ0) is 21.4. The molecule has 1 heterocycles. The molecule has 0 saturated carbocycles. The number of hydrogen-bond donors (Lipinski definition) is 0. The molecule has 1 nitrogen and oxygen atoms in total. The van der Waals surface area contributed by atoms with Crippen LogP contribution in [0.1, 0.15) is 27.8 Å². The van der Waals surface area contributed by atoms with Crippen molar-refractivity contribution >= 4 is 0 Å². The van der Waals surface area contributed by atoms with E-state index in [1.54, 1.807) is 0 Å². The van der Waals surface area contributed by atoms with Crippen molar-refractivity contribution in [2.45, 2.75) is 34.6 Å². The third-order valence-corrected chi connectivity index (χ3v) is 6.27. The van der Waals surface area contributed by atoms with Gasteiger partial charge in [0.15, 0.2) is 6.20 Å². The summed E-state index contributed by atoms with van der Waals surface area (Å²) in [6.07, 6.45) is 2.25. The Balaban J connectivity index is 1.96. The van der Waals surface area contributed by atoms with Crippen molar-refractivity contribution in [3.8, 4) is 33.5 Å². The van der Waals surface area contributed by atoms with Crippen molar-refractivity contribution in [1.82, 2.24) is 0 Å². The van der Waals surface area contributed by atoms with Crippen molar-refractivity contribution in [2.75, 3.05) is 0 Å². The second-order valence-electron chi connectivity index (χ2n) is 8.43. The highest BCUT2D eigenvalue weighted by Gasteiger charge is 2.20. The number of hydrogen-bond acceptors (Lipinski definition) is 0. The van der Waals surface area contributed by atoms with Crippen molar-refractivity contribution in [1.29, 1.82) is 0 Å². The van der Waals surface area contributed by atoms with Crippen molar-refractivity contribution in [2.24, 2.45) is 7.05 Å². The Kier molecular flexibility index (Phi) is 5.30. The SMILES string of the molecule is Cc1ccccc1-c1cc(-c2ccc(C)c(-c3ccccc3C)c2C)[n+](C)cc1C. The molecule has 0 atom stereocenters. The van der Waals surface area contributed by atoms with Crippen LogP contribution in [0.2, 0.25) is 0 Å². The highest BCUT2D eigenvalue weighted by Crippen LogP contribution is 2.36. The molecule has 1 heteroatoms. The van der Waals surface area contributed by atoms with Crippen LogP contribution >= 0.6 is 0 Å². The Morgan fingerprint density at radius 1 is 0.533 bits per heavy atom. The topological polar surface area (TPSA) is 3.88 Å². The fourth-order valence-electron chi connectivity index (χ4n) is 4.61. The predicted molar refractivity (Wildman–Crippen MR) is 128 cm³/mol. The number of pyridine rings is 1. The number of aryl methyl sites for hydroxylation is 5. The minimum atomic E-state index is 1.24. The zero-order valence-corrected chi connectivity index (χ0v) is 18.9. The fraction of sp³-hybridized carbons (Fsp3) is 0.207. The van der Waals surface area contributed by atoms with Crippen molar-refractivity contribution in [3.05, 3.63) is 101 Å². The van der Waals surface area contributed by atoms with Crippen LogP contribution in [0.3, 0.4) is 0 Å². The number of aromatic nitrogens is 1. The first-order valence-electron chi connectivity index (χ1n) is 10.6. The average molecular weight is 393 g/mol. The summed E-state index contributed by atoms with van der Waals surface area (Å²) >= 11 is 0. The van der Waals surface area contributed by atoms with Crippen LogP contribution < -0.4 is 4.57 Å². The second kappa shape index (κ2) is 7.91. The first-order chi connectivity index (χ1) is 14.4. The van der Waals surface area contributed by atoms with E-state index in [2.05, 4.69) is 119 Å². The van der Waals surface area contributed by atoms with Gasteiger partial charge in [-0.1, -0.05) is 54.6 Å². The minimum absolute atomic E-state index is 1.24. The molecule has 0 aliphatic heterocycles. The van der Waals surface area contributed by atoms with Gasteiger partial charge in [-0.2, -0.15) is 0 Å². The van der Waals surface area contributed by atoms with Gasteiger partial charge in [0.1, 0.15) is 7.05 Å². The quantitative estimate of drug-likeness (QED) is 0.329. The summed E-state index contributed by atoms with van der Waals surface area (Å²) < 4.78 is 2.26. The lowest BCUT2D eigenvalue weighted by molar-refractivity contribution is -0.660. The summed E-state index contributed by atoms with van der Waals surface area (Å²) in [4.78, 5) is 0. The van der Waals surface area contributed by atoms with Gasteiger partial charge in [-0.15, -0.1) is 0 Å². The molecule has 0 aliphatic rings. The van der Waals surface area contributed by atoms with E-state index < -0.39 is 0 Å². The number of rotatable bonds is 3. The third-order valence-electron chi connectivity index (χ3n) is 6.27. The first kappa shape index (κ1) is 20.1. The maximum Gasteiger partial charge on any atom is 0.213 e. The van der Waals surface area contributed by atoms with E-state index in [9.17, 15) is 0 Å². The number of benzene rings is 3. The van der Waals surface area contributed by atoms with E-state index in [1.165, 1.54) is 61.3 Å². The van der Waals surface area contributed by atoms with Gasteiger partial charge >= 0.3 is 0 Å². The van der Waals surface area contributed by atoms with Crippen LogP contribution in [0, 0.1) is 34.6 Å². The lowest BCUT2D eigenvalue weighted by Crippen LogP contribution is -2.31. The van der Waals surface area contributed by atoms with Crippen LogP contribution in [0.25, 0.3) is 33.5 Å². The Labute approximate surface area is 180 Å². The highest BCUT2D eigenvalue weighted by molar-refractivity contribution is 5.82. The van der Waals surface area contributed by atoms with Gasteiger partial charge in [0.2, 0.25) is 5.69 Å². The highest BCUT2D eigenvalue weighted by atomic mass is 14.9. The normalized spacial score (nSPS) is 11.0. The van der Waals surface area contributed by atoms with Gasteiger partial charge in [-0.25, -0.2) is 4.57 Å². The number of nitrogens with zero attached hydrogens (tertiary/aromatic N) is 1. The largest absolute Gasteiger partial charge is 0.213 e. The van der Waals surface area contributed by atoms with E-state index in [1.807, 2.05) is 0 Å². The maximum atomic E-state index is 2.36. The smallest absolute Gasteiger partial charge is 0.201 e. The van der Waals surface area contributed by atoms with Crippen LogP contribution in [0.15, 0.2) is 72.9 Å². The molecule has 3 aromatic carbocycles. The molecule has 0 amide bonds. The maximum absolute atomic E-state index is 2.36. The lowest BCUT2D eigenvalue weighted by atomic mass is 9.88. The van der Waals surface area contributed by atoms with Gasteiger partial charge in [0.05, 0.1) is 0 Å². The Bertz CT molecular complexity index is 1250. The predicted octanol–water partition coefficient (Wildman–Crippen LogP) is 7.05. The molecule has 4 rings (SSSR count). The summed E-state index contributed by atoms with van der Waals surface area (Å²) in [5.74, 6) is 0. The molecule has 0 unspecified atom stereocenters. The Morgan fingerprint density at radius 2 is 1.13 bits per heavy atom. The molecule has 30 heavy (non-hydrogen) atoms. The molecule has 1 aromatic heterocycles. The lowest BCUT2D eigenvalue weighted by Gasteiger charge is -2.17. The summed E-state index contributed by atoms with van der Waals surface area (Å²) in [5, 5.41) is 0. The summed E-state index contributed by atoms with van der Waals surface area (Å²) in [6, 6.07) is 24.2. The van der Waals surface area contributed by atoms with E-state index in [0.717, 1.165) is 0 Å². The summed E-state index contributed by atoms with van der Waals surface area (Å²) in [6.45, 7) is 11.1. The van der Waals surface area contributed by atoms with Gasteiger partial charge in [-0.3, -0.25) is 0 Å². The van der Waals surface area contributed by atoms with Crippen molar-refractivity contribution in [3.63, 3.8) is 0 Å². The molecule has 0 aliphatic carbocycles. The van der Waals surface area contributed by atoms with Crippen LogP contribution in [-0.4, -0.2) is 0 Å². The molecule has 0 fully saturated rings. The zero-order valence-electron chi connectivity index (χ0n) is 18.9. The summed E-state index contributed by atoms with van der Waals surface area (Å²) in [5.41, 5.74) is 14.4. The fourth-order valence-corrected chi connectivity index (χ4v) is 4.61. The minimum Gasteiger partial charge on any atom is -0.201 e. The molecule has 150 valence electrons. The van der Waals surface area contributed by atoms with E-state index >= 15 is 0 Å². The van der Waals surface area contributed by atoms with Gasteiger partial charge in [-0.05, 0) is 85.2 Å². The summed E-state index contributed by atoms with van der Waals surface area (Å²) in [7, 11) is 2.15. The molecule has 0 N–H and O–H groups in total. The third kappa shape index (κ3) is 3.45. The van der Waals surface area contributed by atoms with Crippen LogP contribution in [0.4, 0.5) is 0 Å². The Hall–Kier alpha value is -3.19.